The molecule has 0 saturated carbocycles. The third-order valence-corrected chi connectivity index (χ3v) is 5.62. The third kappa shape index (κ3) is 3.73. The molecule has 1 aliphatic heterocycles. The molecule has 1 aliphatic rings. The molecule has 5 heteroatoms. The number of sulfone groups is 1. The summed E-state index contributed by atoms with van der Waals surface area (Å²) in [5, 5.41) is 3.41. The first kappa shape index (κ1) is 15.3. The zero-order valence-electron chi connectivity index (χ0n) is 12.3. The van der Waals surface area contributed by atoms with Crippen LogP contribution in [0.15, 0.2) is 24.3 Å². The maximum Gasteiger partial charge on any atom is 0.152 e. The quantitative estimate of drug-likeness (QED) is 0.813. The second-order valence-electron chi connectivity index (χ2n) is 5.47. The van der Waals surface area contributed by atoms with E-state index in [1.807, 2.05) is 19.2 Å². The summed E-state index contributed by atoms with van der Waals surface area (Å²) >= 11 is 0. The Balaban J connectivity index is 2.11. The number of anilines is 1. The van der Waals surface area contributed by atoms with Gasteiger partial charge in [0.05, 0.1) is 11.5 Å². The standard InChI is InChI=1S/C15H24N2O2S/c1-3-9-16-11-13-6-4-5-7-15(13)17(2)14-8-10-20(18,19)12-14/h4-7,14,16H,3,8-12H2,1-2H3. The molecular formula is C15H24N2O2S. The number of nitrogens with zero attached hydrogens (tertiary/aromatic N) is 1. The van der Waals surface area contributed by atoms with Gasteiger partial charge in [-0.2, -0.15) is 0 Å². The van der Waals surface area contributed by atoms with Crippen molar-refractivity contribution in [2.45, 2.75) is 32.4 Å². The van der Waals surface area contributed by atoms with Crippen molar-refractivity contribution >= 4 is 15.5 Å². The van der Waals surface area contributed by atoms with Gasteiger partial charge in [0.25, 0.3) is 0 Å². The molecule has 1 fully saturated rings. The molecule has 1 aromatic rings. The SMILES string of the molecule is CCCNCc1ccccc1N(C)C1CCS(=O)(=O)C1. The lowest BCUT2D eigenvalue weighted by molar-refractivity contribution is 0.600. The lowest BCUT2D eigenvalue weighted by atomic mass is 10.1. The molecule has 0 aliphatic carbocycles. The molecule has 2 rings (SSSR count). The van der Waals surface area contributed by atoms with Crippen molar-refractivity contribution in [1.29, 1.82) is 0 Å². The Morgan fingerprint density at radius 1 is 1.35 bits per heavy atom. The molecule has 1 saturated heterocycles. The highest BCUT2D eigenvalue weighted by Crippen LogP contribution is 2.26. The summed E-state index contributed by atoms with van der Waals surface area (Å²) in [5.41, 5.74) is 2.37. The number of hydrogen-bond acceptors (Lipinski definition) is 4. The fourth-order valence-corrected chi connectivity index (χ4v) is 4.46. The number of rotatable bonds is 6. The van der Waals surface area contributed by atoms with Crippen molar-refractivity contribution in [3.8, 4) is 0 Å². The van der Waals surface area contributed by atoms with Crippen molar-refractivity contribution in [2.75, 3.05) is 30.0 Å². The number of hydrogen-bond donors (Lipinski definition) is 1. The summed E-state index contributed by atoms with van der Waals surface area (Å²) in [6, 6.07) is 8.34. The van der Waals surface area contributed by atoms with E-state index in [9.17, 15) is 8.42 Å². The molecule has 0 spiro atoms. The van der Waals surface area contributed by atoms with Crippen LogP contribution in [0.25, 0.3) is 0 Å². The lowest BCUT2D eigenvalue weighted by Crippen LogP contribution is -2.33. The molecule has 0 amide bonds. The number of benzene rings is 1. The minimum absolute atomic E-state index is 0.104. The van der Waals surface area contributed by atoms with Crippen LogP contribution < -0.4 is 10.2 Å². The topological polar surface area (TPSA) is 49.4 Å². The highest BCUT2D eigenvalue weighted by molar-refractivity contribution is 7.91. The smallest absolute Gasteiger partial charge is 0.152 e. The second kappa shape index (κ2) is 6.59. The van der Waals surface area contributed by atoms with Gasteiger partial charge in [0.2, 0.25) is 0 Å². The normalized spacial score (nSPS) is 21.0. The summed E-state index contributed by atoms with van der Waals surface area (Å²) in [7, 11) is -0.835. The molecule has 1 heterocycles. The average Bonchev–Trinajstić information content (AvgIpc) is 2.79. The number of nitrogens with one attached hydrogen (secondary N) is 1. The highest BCUT2D eigenvalue weighted by Gasteiger charge is 2.31. The summed E-state index contributed by atoms with van der Waals surface area (Å²) in [4.78, 5) is 2.13. The predicted molar refractivity (Wildman–Crippen MR) is 83.9 cm³/mol. The van der Waals surface area contributed by atoms with E-state index in [0.29, 0.717) is 5.75 Å². The van der Waals surface area contributed by atoms with Gasteiger partial charge in [-0.05, 0) is 31.0 Å². The van der Waals surface area contributed by atoms with E-state index in [1.54, 1.807) is 0 Å². The predicted octanol–water partition coefficient (Wildman–Crippen LogP) is 1.81. The van der Waals surface area contributed by atoms with Crippen molar-refractivity contribution in [1.82, 2.24) is 5.32 Å². The van der Waals surface area contributed by atoms with Gasteiger partial charge in [-0.15, -0.1) is 0 Å². The van der Waals surface area contributed by atoms with Crippen molar-refractivity contribution < 1.29 is 8.42 Å². The first-order valence-electron chi connectivity index (χ1n) is 7.25. The fraction of sp³-hybridized carbons (Fsp3) is 0.600. The average molecular weight is 296 g/mol. The largest absolute Gasteiger partial charge is 0.370 e. The molecule has 1 aromatic carbocycles. The molecule has 0 radical (unpaired) electrons. The molecule has 112 valence electrons. The first-order valence-corrected chi connectivity index (χ1v) is 9.07. The van der Waals surface area contributed by atoms with Crippen LogP contribution in [0.5, 0.6) is 0 Å². The van der Waals surface area contributed by atoms with Crippen molar-refractivity contribution in [2.24, 2.45) is 0 Å². The maximum absolute atomic E-state index is 11.6. The summed E-state index contributed by atoms with van der Waals surface area (Å²) in [5.74, 6) is 0.596. The van der Waals surface area contributed by atoms with Crippen LogP contribution in [0.1, 0.15) is 25.3 Å². The van der Waals surface area contributed by atoms with Crippen LogP contribution in [-0.2, 0) is 16.4 Å². The molecule has 0 bridgehead atoms. The monoisotopic (exact) mass is 296 g/mol. The Morgan fingerprint density at radius 3 is 2.75 bits per heavy atom. The van der Waals surface area contributed by atoms with E-state index in [0.717, 1.165) is 31.6 Å². The highest BCUT2D eigenvalue weighted by atomic mass is 32.2. The number of para-hydroxylation sites is 1. The van der Waals surface area contributed by atoms with Crippen LogP contribution >= 0.6 is 0 Å². The van der Waals surface area contributed by atoms with E-state index < -0.39 is 9.84 Å². The van der Waals surface area contributed by atoms with Crippen LogP contribution in [0, 0.1) is 0 Å². The van der Waals surface area contributed by atoms with Gasteiger partial charge < -0.3 is 10.2 Å². The molecule has 1 atom stereocenters. The Kier molecular flexibility index (Phi) is 5.05. The van der Waals surface area contributed by atoms with Crippen molar-refractivity contribution in [3.05, 3.63) is 29.8 Å². The zero-order valence-corrected chi connectivity index (χ0v) is 13.1. The van der Waals surface area contributed by atoms with Gasteiger partial charge in [0.15, 0.2) is 9.84 Å². The molecule has 1 unspecified atom stereocenters. The van der Waals surface area contributed by atoms with Crippen LogP contribution in [-0.4, -0.2) is 39.6 Å². The first-order chi connectivity index (χ1) is 9.53. The minimum atomic E-state index is -2.84. The van der Waals surface area contributed by atoms with Gasteiger partial charge in [-0.25, -0.2) is 8.42 Å². The van der Waals surface area contributed by atoms with Gasteiger partial charge >= 0.3 is 0 Å². The summed E-state index contributed by atoms with van der Waals surface area (Å²) in [6.45, 7) is 3.97. The molecule has 4 nitrogen and oxygen atoms in total. The van der Waals surface area contributed by atoms with E-state index in [1.165, 1.54) is 5.56 Å². The third-order valence-electron chi connectivity index (χ3n) is 3.87. The van der Waals surface area contributed by atoms with Gasteiger partial charge in [0.1, 0.15) is 0 Å². The van der Waals surface area contributed by atoms with Gasteiger partial charge in [0, 0.05) is 25.3 Å². The zero-order chi connectivity index (χ0) is 14.6. The molecule has 0 aromatic heterocycles. The van der Waals surface area contributed by atoms with Crippen LogP contribution in [0.4, 0.5) is 5.69 Å². The second-order valence-corrected chi connectivity index (χ2v) is 7.70. The van der Waals surface area contributed by atoms with Crippen LogP contribution in [0.2, 0.25) is 0 Å². The van der Waals surface area contributed by atoms with E-state index in [2.05, 4.69) is 29.3 Å². The van der Waals surface area contributed by atoms with E-state index >= 15 is 0 Å². The fourth-order valence-electron chi connectivity index (χ4n) is 2.68. The Labute approximate surface area is 122 Å². The molecule has 1 N–H and O–H groups in total. The van der Waals surface area contributed by atoms with Crippen molar-refractivity contribution in [3.63, 3.8) is 0 Å². The minimum Gasteiger partial charge on any atom is -0.370 e. The maximum atomic E-state index is 11.6. The van der Waals surface area contributed by atoms with Gasteiger partial charge in [-0.1, -0.05) is 25.1 Å². The van der Waals surface area contributed by atoms with Crippen LogP contribution in [0.3, 0.4) is 0 Å². The molecule has 20 heavy (non-hydrogen) atoms. The molecular weight excluding hydrogens is 272 g/mol. The summed E-state index contributed by atoms with van der Waals surface area (Å²) in [6.07, 6.45) is 1.84. The van der Waals surface area contributed by atoms with E-state index in [4.69, 9.17) is 0 Å². The van der Waals surface area contributed by atoms with E-state index in [-0.39, 0.29) is 11.8 Å². The summed E-state index contributed by atoms with van der Waals surface area (Å²) < 4.78 is 23.3. The van der Waals surface area contributed by atoms with Gasteiger partial charge in [-0.3, -0.25) is 0 Å². The Bertz CT molecular complexity index is 543. The lowest BCUT2D eigenvalue weighted by Gasteiger charge is -2.28. The Morgan fingerprint density at radius 2 is 2.10 bits per heavy atom. The Hall–Kier alpha value is -1.07.